The maximum Gasteiger partial charge on any atom is 0.410 e. The highest BCUT2D eigenvalue weighted by atomic mass is 16.6. The molecule has 1 spiro atoms. The van der Waals surface area contributed by atoms with E-state index in [2.05, 4.69) is 0 Å². The monoisotopic (exact) mass is 302 g/mol. The highest BCUT2D eigenvalue weighted by Crippen LogP contribution is 2.52. The molecule has 0 bridgehead atoms. The summed E-state index contributed by atoms with van der Waals surface area (Å²) in [5, 5.41) is 10.8. The van der Waals surface area contributed by atoms with Crippen molar-refractivity contribution < 1.29 is 19.4 Å². The SMILES string of the molecule is O=C([O-])C1CC2(CCN(C(=O)OCc3ccccc3)CC2)C1. The van der Waals surface area contributed by atoms with Gasteiger partial charge in [0.05, 0.1) is 0 Å². The van der Waals surface area contributed by atoms with E-state index in [0.717, 1.165) is 18.4 Å². The lowest BCUT2D eigenvalue weighted by Crippen LogP contribution is -2.52. The van der Waals surface area contributed by atoms with Crippen LogP contribution in [0, 0.1) is 11.3 Å². The molecule has 1 heterocycles. The molecule has 2 aliphatic rings. The molecule has 1 saturated carbocycles. The van der Waals surface area contributed by atoms with Crippen molar-refractivity contribution in [2.24, 2.45) is 11.3 Å². The number of likely N-dealkylation sites (tertiary alicyclic amines) is 1. The van der Waals surface area contributed by atoms with Gasteiger partial charge in [0.15, 0.2) is 0 Å². The molecule has 1 aliphatic heterocycles. The lowest BCUT2D eigenvalue weighted by atomic mass is 9.57. The van der Waals surface area contributed by atoms with Crippen LogP contribution < -0.4 is 5.11 Å². The highest BCUT2D eigenvalue weighted by Gasteiger charge is 2.46. The number of carbonyl (C=O) groups is 2. The van der Waals surface area contributed by atoms with Crippen LogP contribution in [0.2, 0.25) is 0 Å². The number of rotatable bonds is 3. The van der Waals surface area contributed by atoms with Gasteiger partial charge in [-0.25, -0.2) is 4.79 Å². The van der Waals surface area contributed by atoms with E-state index in [9.17, 15) is 14.7 Å². The van der Waals surface area contributed by atoms with Gasteiger partial charge in [0.25, 0.3) is 0 Å². The minimum absolute atomic E-state index is 0.112. The number of carbonyl (C=O) groups excluding carboxylic acids is 2. The number of carboxylic acids is 1. The predicted molar refractivity (Wildman–Crippen MR) is 77.6 cm³/mol. The van der Waals surface area contributed by atoms with E-state index >= 15 is 0 Å². The first-order chi connectivity index (χ1) is 10.6. The number of amides is 1. The molecule has 0 atom stereocenters. The summed E-state index contributed by atoms with van der Waals surface area (Å²) in [5.74, 6) is -1.23. The summed E-state index contributed by atoms with van der Waals surface area (Å²) >= 11 is 0. The number of hydrogen-bond acceptors (Lipinski definition) is 4. The number of hydrogen-bond donors (Lipinski definition) is 0. The molecule has 0 unspecified atom stereocenters. The van der Waals surface area contributed by atoms with Crippen molar-refractivity contribution in [3.63, 3.8) is 0 Å². The van der Waals surface area contributed by atoms with E-state index in [0.29, 0.717) is 25.9 Å². The Bertz CT molecular complexity index is 541. The molecule has 1 amide bonds. The van der Waals surface area contributed by atoms with Crippen molar-refractivity contribution in [2.75, 3.05) is 13.1 Å². The van der Waals surface area contributed by atoms with Crippen LogP contribution in [0.5, 0.6) is 0 Å². The van der Waals surface area contributed by atoms with Crippen molar-refractivity contribution in [3.8, 4) is 0 Å². The standard InChI is InChI=1S/C17H21NO4/c19-15(20)14-10-17(11-14)6-8-18(9-7-17)16(21)22-12-13-4-2-1-3-5-13/h1-5,14H,6-12H2,(H,19,20)/p-1. The molecular formula is C17H20NO4-. The molecule has 0 N–H and O–H groups in total. The van der Waals surface area contributed by atoms with Crippen LogP contribution in [-0.2, 0) is 16.1 Å². The molecule has 1 aliphatic carbocycles. The first-order valence-electron chi connectivity index (χ1n) is 7.74. The number of carboxylic acid groups (broad SMARTS) is 1. The second-order valence-electron chi connectivity index (χ2n) is 6.45. The lowest BCUT2D eigenvalue weighted by molar-refractivity contribution is -0.318. The molecule has 5 heteroatoms. The van der Waals surface area contributed by atoms with E-state index in [1.165, 1.54) is 0 Å². The first-order valence-corrected chi connectivity index (χ1v) is 7.74. The van der Waals surface area contributed by atoms with Crippen LogP contribution >= 0.6 is 0 Å². The Morgan fingerprint density at radius 1 is 1.18 bits per heavy atom. The van der Waals surface area contributed by atoms with Crippen molar-refractivity contribution in [1.29, 1.82) is 0 Å². The molecule has 0 aromatic heterocycles. The number of ether oxygens (including phenoxy) is 1. The molecule has 1 aromatic rings. The molecule has 118 valence electrons. The minimum Gasteiger partial charge on any atom is -0.550 e. The van der Waals surface area contributed by atoms with Gasteiger partial charge in [0, 0.05) is 19.1 Å². The van der Waals surface area contributed by atoms with Gasteiger partial charge in [-0.15, -0.1) is 0 Å². The third-order valence-electron chi connectivity index (χ3n) is 4.98. The molecular weight excluding hydrogens is 282 g/mol. The quantitative estimate of drug-likeness (QED) is 0.849. The average molecular weight is 302 g/mol. The van der Waals surface area contributed by atoms with Crippen molar-refractivity contribution in [3.05, 3.63) is 35.9 Å². The molecule has 1 aromatic carbocycles. The number of piperidine rings is 1. The maximum absolute atomic E-state index is 12.1. The Kier molecular flexibility index (Phi) is 4.05. The van der Waals surface area contributed by atoms with Gasteiger partial charge < -0.3 is 19.5 Å². The van der Waals surface area contributed by atoms with Gasteiger partial charge in [-0.3, -0.25) is 0 Å². The van der Waals surface area contributed by atoms with E-state index in [4.69, 9.17) is 4.74 Å². The van der Waals surface area contributed by atoms with Gasteiger partial charge in [-0.2, -0.15) is 0 Å². The summed E-state index contributed by atoms with van der Waals surface area (Å²) in [6.45, 7) is 1.58. The summed E-state index contributed by atoms with van der Waals surface area (Å²) in [5.41, 5.74) is 1.08. The molecule has 3 rings (SSSR count). The topological polar surface area (TPSA) is 69.7 Å². The van der Waals surface area contributed by atoms with Gasteiger partial charge in [-0.05, 0) is 42.6 Å². The van der Waals surface area contributed by atoms with E-state index < -0.39 is 5.97 Å². The Hall–Kier alpha value is -2.04. The fraction of sp³-hybridized carbons (Fsp3) is 0.529. The first kappa shape index (κ1) is 14.9. The van der Waals surface area contributed by atoms with Crippen molar-refractivity contribution in [1.82, 2.24) is 4.90 Å². The fourth-order valence-corrected chi connectivity index (χ4v) is 3.53. The maximum atomic E-state index is 12.1. The smallest absolute Gasteiger partial charge is 0.410 e. The zero-order valence-electron chi connectivity index (χ0n) is 12.5. The number of nitrogens with zero attached hydrogens (tertiary/aromatic N) is 1. The van der Waals surface area contributed by atoms with Crippen molar-refractivity contribution >= 4 is 12.1 Å². The second kappa shape index (κ2) is 5.99. The van der Waals surface area contributed by atoms with E-state index in [1.54, 1.807) is 4.90 Å². The van der Waals surface area contributed by atoms with Crippen LogP contribution in [-0.4, -0.2) is 30.1 Å². The average Bonchev–Trinajstić information content (AvgIpc) is 2.51. The Morgan fingerprint density at radius 3 is 2.41 bits per heavy atom. The summed E-state index contributed by atoms with van der Waals surface area (Å²) in [6, 6.07) is 9.60. The lowest BCUT2D eigenvalue weighted by Gasteiger charge is -2.52. The molecule has 22 heavy (non-hydrogen) atoms. The largest absolute Gasteiger partial charge is 0.550 e. The number of aliphatic carboxylic acids is 1. The van der Waals surface area contributed by atoms with Crippen LogP contribution in [0.4, 0.5) is 4.79 Å². The summed E-state index contributed by atoms with van der Waals surface area (Å²) in [7, 11) is 0. The number of benzene rings is 1. The van der Waals surface area contributed by atoms with E-state index in [-0.39, 0.29) is 24.0 Å². The normalized spacial score (nSPS) is 20.5. The summed E-state index contributed by atoms with van der Waals surface area (Å²) < 4.78 is 5.33. The van der Waals surface area contributed by atoms with Gasteiger partial charge >= 0.3 is 6.09 Å². The van der Waals surface area contributed by atoms with Gasteiger partial charge in [-0.1, -0.05) is 30.3 Å². The summed E-state index contributed by atoms with van der Waals surface area (Å²) in [4.78, 5) is 24.6. The third kappa shape index (κ3) is 3.08. The third-order valence-corrected chi connectivity index (χ3v) is 4.98. The zero-order chi connectivity index (χ0) is 15.6. The van der Waals surface area contributed by atoms with Gasteiger partial charge in [0.2, 0.25) is 0 Å². The summed E-state index contributed by atoms with van der Waals surface area (Å²) in [6.07, 6.45) is 2.83. The van der Waals surface area contributed by atoms with Crippen molar-refractivity contribution in [2.45, 2.75) is 32.3 Å². The highest BCUT2D eigenvalue weighted by molar-refractivity contribution is 5.69. The molecule has 5 nitrogen and oxygen atoms in total. The van der Waals surface area contributed by atoms with Crippen LogP contribution in [0.15, 0.2) is 30.3 Å². The molecule has 2 fully saturated rings. The van der Waals surface area contributed by atoms with Crippen LogP contribution in [0.1, 0.15) is 31.2 Å². The van der Waals surface area contributed by atoms with Crippen LogP contribution in [0.3, 0.4) is 0 Å². The Morgan fingerprint density at radius 2 is 1.82 bits per heavy atom. The van der Waals surface area contributed by atoms with Crippen LogP contribution in [0.25, 0.3) is 0 Å². The minimum atomic E-state index is -0.935. The molecule has 1 saturated heterocycles. The molecule has 0 radical (unpaired) electrons. The fourth-order valence-electron chi connectivity index (χ4n) is 3.53. The Labute approximate surface area is 129 Å². The van der Waals surface area contributed by atoms with Gasteiger partial charge in [0.1, 0.15) is 6.61 Å². The Balaban J connectivity index is 1.44. The predicted octanol–water partition coefficient (Wildman–Crippen LogP) is 1.57. The zero-order valence-corrected chi connectivity index (χ0v) is 12.5. The second-order valence-corrected chi connectivity index (χ2v) is 6.45. The van der Waals surface area contributed by atoms with E-state index in [1.807, 2.05) is 30.3 Å².